The van der Waals surface area contributed by atoms with Gasteiger partial charge in [0.1, 0.15) is 12.6 Å². The lowest BCUT2D eigenvalue weighted by molar-refractivity contribution is -0.161. The molecule has 8 atom stereocenters. The SMILES string of the molecule is CCCCCCCCCCCCCCCCCC(=O)O[C@H](COC(=O)CCC/C=C/C[C@@H]1[C@@H](/C=C/[C@@H](O)CCCCC)[C@H](O)C[C@@H]1O)COP(=O)(O)OC[C@H](N)C(=O)O. The van der Waals surface area contributed by atoms with Crippen LogP contribution in [0.25, 0.3) is 0 Å². The zero-order valence-corrected chi connectivity index (χ0v) is 37.1. The molecule has 1 aliphatic rings. The molecular weight excluding hydrogens is 781 g/mol. The number of unbranched alkanes of at least 4 members (excludes halogenated alkanes) is 17. The molecule has 0 heterocycles. The smallest absolute Gasteiger partial charge is 0.472 e. The summed E-state index contributed by atoms with van der Waals surface area (Å²) in [6.45, 7) is 2.47. The molecule has 0 amide bonds. The Morgan fingerprint density at radius 3 is 1.86 bits per heavy atom. The van der Waals surface area contributed by atoms with Gasteiger partial charge in [-0.25, -0.2) is 4.57 Å². The number of allylic oxidation sites excluding steroid dienone is 2. The minimum atomic E-state index is -4.77. The Hall–Kier alpha value is -2.16. The lowest BCUT2D eigenvalue weighted by atomic mass is 9.89. The molecule has 1 fully saturated rings. The predicted octanol–water partition coefficient (Wildman–Crippen LogP) is 8.22. The van der Waals surface area contributed by atoms with E-state index in [2.05, 4.69) is 18.4 Å². The maximum absolute atomic E-state index is 12.7. The molecule has 1 rings (SSSR count). The summed E-state index contributed by atoms with van der Waals surface area (Å²) >= 11 is 0. The Kier molecular flexibility index (Phi) is 32.0. The standard InChI is InChI=1S/C44H80NO13P/c1-3-5-7-8-9-10-11-12-13-14-15-16-17-18-24-28-43(50)58-36(33-56-59(53,54)57-34-39(45)44(51)52)32-55-42(49)27-23-20-19-22-26-37-38(41(48)31-40(37)47)30-29-35(46)25-21-6-4-2/h19,22,29-30,35-41,46-48H,3-18,20-21,23-28,31-34,45H2,1-2H3,(H,51,52)(H,53,54)/b22-19+,30-29+/t35-,36+,37+,38+,39-,40-,41+/m0/s1. The van der Waals surface area contributed by atoms with Crippen LogP contribution < -0.4 is 5.73 Å². The molecule has 0 aromatic carbocycles. The minimum absolute atomic E-state index is 0.0473. The third kappa shape index (κ3) is 28.9. The number of rotatable bonds is 38. The van der Waals surface area contributed by atoms with Crippen molar-refractivity contribution in [1.29, 1.82) is 0 Å². The Bertz CT molecular complexity index is 1220. The zero-order valence-electron chi connectivity index (χ0n) is 36.2. The maximum atomic E-state index is 12.7. The number of phosphoric acid groups is 1. The predicted molar refractivity (Wildman–Crippen MR) is 228 cm³/mol. The van der Waals surface area contributed by atoms with E-state index in [1.54, 1.807) is 6.08 Å². The van der Waals surface area contributed by atoms with Crippen molar-refractivity contribution in [2.24, 2.45) is 17.6 Å². The first kappa shape index (κ1) is 54.9. The fourth-order valence-corrected chi connectivity index (χ4v) is 7.90. The van der Waals surface area contributed by atoms with Gasteiger partial charge in [0.05, 0.1) is 31.5 Å². The number of aliphatic hydroxyl groups is 3. The Labute approximate surface area is 354 Å². The highest BCUT2D eigenvalue weighted by Crippen LogP contribution is 2.43. The minimum Gasteiger partial charge on any atom is -0.480 e. The molecule has 14 nitrogen and oxygen atoms in total. The van der Waals surface area contributed by atoms with E-state index in [0.717, 1.165) is 38.5 Å². The molecule has 15 heteroatoms. The molecule has 0 radical (unpaired) electrons. The number of phosphoric ester groups is 1. The van der Waals surface area contributed by atoms with Crippen LogP contribution in [0.1, 0.15) is 174 Å². The van der Waals surface area contributed by atoms with Gasteiger partial charge < -0.3 is 40.5 Å². The van der Waals surface area contributed by atoms with Crippen molar-refractivity contribution in [2.45, 2.75) is 205 Å². The van der Waals surface area contributed by atoms with Crippen LogP contribution in [0, 0.1) is 11.8 Å². The van der Waals surface area contributed by atoms with Gasteiger partial charge in [-0.1, -0.05) is 147 Å². The number of hydrogen-bond acceptors (Lipinski definition) is 12. The van der Waals surface area contributed by atoms with Gasteiger partial charge >= 0.3 is 25.7 Å². The van der Waals surface area contributed by atoms with Crippen LogP contribution in [0.2, 0.25) is 0 Å². The molecule has 0 saturated heterocycles. The summed E-state index contributed by atoms with van der Waals surface area (Å²) in [5.74, 6) is -3.04. The number of carbonyl (C=O) groups excluding carboxylic acids is 2. The Morgan fingerprint density at radius 1 is 0.729 bits per heavy atom. The summed E-state index contributed by atoms with van der Waals surface area (Å²) in [5, 5.41) is 40.2. The number of carboxylic acids is 1. The molecule has 1 unspecified atom stereocenters. The van der Waals surface area contributed by atoms with Crippen LogP contribution in [-0.2, 0) is 37.5 Å². The molecule has 0 spiro atoms. The maximum Gasteiger partial charge on any atom is 0.472 e. The second-order valence-electron chi connectivity index (χ2n) is 16.2. The van der Waals surface area contributed by atoms with Crippen molar-refractivity contribution < 1.29 is 62.8 Å². The van der Waals surface area contributed by atoms with Gasteiger partial charge in [0, 0.05) is 25.2 Å². The molecule has 1 aliphatic carbocycles. The van der Waals surface area contributed by atoms with Crippen molar-refractivity contribution in [2.75, 3.05) is 19.8 Å². The van der Waals surface area contributed by atoms with Gasteiger partial charge in [0.15, 0.2) is 6.10 Å². The molecule has 0 aliphatic heterocycles. The number of aliphatic carboxylic acids is 1. The summed E-state index contributed by atoms with van der Waals surface area (Å²) in [6, 6.07) is -1.56. The normalized spacial score (nSPS) is 20.8. The van der Waals surface area contributed by atoms with Gasteiger partial charge in [0.2, 0.25) is 0 Å². The van der Waals surface area contributed by atoms with Crippen LogP contribution in [0.3, 0.4) is 0 Å². The number of aliphatic hydroxyl groups excluding tert-OH is 3. The molecule has 59 heavy (non-hydrogen) atoms. The Morgan fingerprint density at radius 2 is 1.27 bits per heavy atom. The van der Waals surface area contributed by atoms with E-state index < -0.39 is 76.0 Å². The number of carbonyl (C=O) groups is 3. The molecule has 7 N–H and O–H groups in total. The largest absolute Gasteiger partial charge is 0.480 e. The van der Waals surface area contributed by atoms with Crippen molar-refractivity contribution in [3.8, 4) is 0 Å². The Balaban J connectivity index is 2.49. The van der Waals surface area contributed by atoms with E-state index in [1.165, 1.54) is 70.6 Å². The molecule has 0 bridgehead atoms. The third-order valence-corrected chi connectivity index (χ3v) is 11.7. The van der Waals surface area contributed by atoms with Crippen LogP contribution in [0.15, 0.2) is 24.3 Å². The van der Waals surface area contributed by atoms with Gasteiger partial charge in [-0.3, -0.25) is 23.4 Å². The van der Waals surface area contributed by atoms with Gasteiger partial charge in [-0.2, -0.15) is 0 Å². The highest BCUT2D eigenvalue weighted by Gasteiger charge is 2.39. The second kappa shape index (κ2) is 34.4. The first-order valence-electron chi connectivity index (χ1n) is 22.6. The van der Waals surface area contributed by atoms with Crippen molar-refractivity contribution in [3.05, 3.63) is 24.3 Å². The van der Waals surface area contributed by atoms with Gasteiger partial charge in [-0.15, -0.1) is 0 Å². The molecular formula is C44H80NO13P. The van der Waals surface area contributed by atoms with Crippen molar-refractivity contribution in [1.82, 2.24) is 0 Å². The number of nitrogens with two attached hydrogens (primary N) is 1. The van der Waals surface area contributed by atoms with Crippen molar-refractivity contribution >= 4 is 25.7 Å². The summed E-state index contributed by atoms with van der Waals surface area (Å²) in [7, 11) is -4.77. The zero-order chi connectivity index (χ0) is 43.7. The fraction of sp³-hybridized carbons (Fsp3) is 0.841. The van der Waals surface area contributed by atoms with E-state index in [4.69, 9.17) is 24.8 Å². The molecule has 1 saturated carbocycles. The number of carboxylic acid groups (broad SMARTS) is 1. The fourth-order valence-electron chi connectivity index (χ4n) is 7.12. The van der Waals surface area contributed by atoms with E-state index in [9.17, 15) is 39.2 Å². The van der Waals surface area contributed by atoms with E-state index in [1.807, 2.05) is 18.2 Å². The third-order valence-electron chi connectivity index (χ3n) is 10.8. The van der Waals surface area contributed by atoms with Crippen LogP contribution in [-0.4, -0.2) is 93.5 Å². The first-order valence-corrected chi connectivity index (χ1v) is 24.1. The lowest BCUT2D eigenvalue weighted by Crippen LogP contribution is -2.34. The quantitative estimate of drug-likeness (QED) is 0.0149. The summed E-state index contributed by atoms with van der Waals surface area (Å²) in [6.07, 6.45) is 27.7. The summed E-state index contributed by atoms with van der Waals surface area (Å²) < 4.78 is 32.7. The topological polar surface area (TPSA) is 232 Å². The van der Waals surface area contributed by atoms with E-state index in [0.29, 0.717) is 32.1 Å². The van der Waals surface area contributed by atoms with Gasteiger partial charge in [0.25, 0.3) is 0 Å². The first-order chi connectivity index (χ1) is 28.3. The van der Waals surface area contributed by atoms with Crippen molar-refractivity contribution in [3.63, 3.8) is 0 Å². The van der Waals surface area contributed by atoms with Crippen LogP contribution >= 0.6 is 7.82 Å². The molecule has 344 valence electrons. The molecule has 0 aromatic rings. The lowest BCUT2D eigenvalue weighted by Gasteiger charge is -2.20. The highest BCUT2D eigenvalue weighted by molar-refractivity contribution is 7.47. The second-order valence-corrected chi connectivity index (χ2v) is 17.6. The average Bonchev–Trinajstić information content (AvgIpc) is 3.47. The number of esters is 2. The highest BCUT2D eigenvalue weighted by atomic mass is 31.2. The van der Waals surface area contributed by atoms with Gasteiger partial charge in [-0.05, 0) is 38.0 Å². The average molecular weight is 862 g/mol. The summed E-state index contributed by atoms with van der Waals surface area (Å²) in [4.78, 5) is 46.2. The summed E-state index contributed by atoms with van der Waals surface area (Å²) in [5.41, 5.74) is 5.33. The van der Waals surface area contributed by atoms with Crippen LogP contribution in [0.4, 0.5) is 0 Å². The molecule has 0 aromatic heterocycles. The monoisotopic (exact) mass is 862 g/mol. The van der Waals surface area contributed by atoms with E-state index in [-0.39, 0.29) is 31.1 Å². The number of hydrogen-bond donors (Lipinski definition) is 6. The van der Waals surface area contributed by atoms with Crippen LogP contribution in [0.5, 0.6) is 0 Å². The number of ether oxygens (including phenoxy) is 2. The van der Waals surface area contributed by atoms with E-state index >= 15 is 0 Å².